The Morgan fingerprint density at radius 3 is 3.00 bits per heavy atom. The molecule has 1 aliphatic heterocycles. The molecule has 3 rings (SSSR count). The quantitative estimate of drug-likeness (QED) is 0.653. The summed E-state index contributed by atoms with van der Waals surface area (Å²) in [6.07, 6.45) is -0.0935. The molecule has 0 saturated carbocycles. The summed E-state index contributed by atoms with van der Waals surface area (Å²) in [5.74, 6) is 0.279. The zero-order chi connectivity index (χ0) is 13.6. The number of nitrogen functional groups attached to an aromatic ring is 1. The van der Waals surface area contributed by atoms with Gasteiger partial charge in [0.15, 0.2) is 21.7 Å². The van der Waals surface area contributed by atoms with Crippen LogP contribution in [0.1, 0.15) is 12.6 Å². The molecule has 0 unspecified atom stereocenters. The van der Waals surface area contributed by atoms with Gasteiger partial charge in [0.1, 0.15) is 18.7 Å². The molecule has 4 N–H and O–H groups in total. The third kappa shape index (κ3) is 1.98. The largest absolute Gasteiger partial charge is 0.394 e. The van der Waals surface area contributed by atoms with Gasteiger partial charge in [-0.3, -0.25) is 4.57 Å². The van der Waals surface area contributed by atoms with Gasteiger partial charge in [0.05, 0.1) is 12.7 Å². The summed E-state index contributed by atoms with van der Waals surface area (Å²) in [5.41, 5.74) is 6.74. The lowest BCUT2D eigenvalue weighted by Crippen LogP contribution is -2.24. The van der Waals surface area contributed by atoms with Crippen molar-refractivity contribution in [3.8, 4) is 0 Å². The van der Waals surface area contributed by atoms with Gasteiger partial charge >= 0.3 is 0 Å². The Bertz CT molecular complexity index is 618. The van der Waals surface area contributed by atoms with Crippen LogP contribution in [0.2, 0.25) is 0 Å². The first-order chi connectivity index (χ1) is 9.11. The average molecular weight is 330 g/mol. The second kappa shape index (κ2) is 4.67. The molecule has 2 aromatic heterocycles. The SMILES string of the molecule is Nc1ncnc2c1nc(Br)n2[C@@H]1C[C@H](O)[C@H](CO)O1. The second-order valence-electron chi connectivity index (χ2n) is 4.30. The number of ether oxygens (including phenoxy) is 1. The maximum Gasteiger partial charge on any atom is 0.181 e. The molecule has 0 amide bonds. The third-order valence-electron chi connectivity index (χ3n) is 3.13. The number of nitrogens with two attached hydrogens (primary N) is 1. The number of anilines is 1. The van der Waals surface area contributed by atoms with Crippen LogP contribution < -0.4 is 5.73 Å². The van der Waals surface area contributed by atoms with Crippen molar-refractivity contribution in [2.24, 2.45) is 0 Å². The highest BCUT2D eigenvalue weighted by Gasteiger charge is 2.36. The van der Waals surface area contributed by atoms with Gasteiger partial charge in [-0.15, -0.1) is 0 Å². The predicted molar refractivity (Wildman–Crippen MR) is 69.1 cm³/mol. The lowest BCUT2D eigenvalue weighted by Gasteiger charge is -2.14. The molecule has 0 aromatic carbocycles. The van der Waals surface area contributed by atoms with Gasteiger partial charge in [-0.2, -0.15) is 0 Å². The number of hydrogen-bond acceptors (Lipinski definition) is 7. The molecule has 0 spiro atoms. The predicted octanol–water partition coefficient (Wildman–Crippen LogP) is -0.188. The first kappa shape index (κ1) is 12.7. The number of nitrogens with zero attached hydrogens (tertiary/aromatic N) is 4. The molecule has 0 aliphatic carbocycles. The molecule has 19 heavy (non-hydrogen) atoms. The molecule has 8 nitrogen and oxygen atoms in total. The van der Waals surface area contributed by atoms with Gasteiger partial charge < -0.3 is 20.7 Å². The van der Waals surface area contributed by atoms with Gasteiger partial charge in [-0.1, -0.05) is 0 Å². The van der Waals surface area contributed by atoms with Crippen LogP contribution in [0.15, 0.2) is 11.1 Å². The lowest BCUT2D eigenvalue weighted by molar-refractivity contribution is -0.0439. The number of rotatable bonds is 2. The van der Waals surface area contributed by atoms with Crippen LogP contribution in [0.25, 0.3) is 11.2 Å². The Labute approximate surface area is 116 Å². The van der Waals surface area contributed by atoms with Gasteiger partial charge in [-0.05, 0) is 15.9 Å². The molecular weight excluding hydrogens is 318 g/mol. The second-order valence-corrected chi connectivity index (χ2v) is 5.01. The van der Waals surface area contributed by atoms with E-state index in [-0.39, 0.29) is 12.4 Å². The monoisotopic (exact) mass is 329 g/mol. The van der Waals surface area contributed by atoms with Gasteiger partial charge in [0.2, 0.25) is 0 Å². The molecule has 3 heterocycles. The summed E-state index contributed by atoms with van der Waals surface area (Å²) < 4.78 is 7.77. The van der Waals surface area contributed by atoms with Gasteiger partial charge in [0, 0.05) is 6.42 Å². The molecule has 9 heteroatoms. The highest BCUT2D eigenvalue weighted by molar-refractivity contribution is 9.10. The fraction of sp³-hybridized carbons (Fsp3) is 0.500. The molecule has 1 saturated heterocycles. The van der Waals surface area contributed by atoms with Crippen molar-refractivity contribution >= 4 is 32.9 Å². The van der Waals surface area contributed by atoms with E-state index in [9.17, 15) is 5.11 Å². The van der Waals surface area contributed by atoms with E-state index < -0.39 is 18.4 Å². The average Bonchev–Trinajstić information content (AvgIpc) is 2.90. The lowest BCUT2D eigenvalue weighted by atomic mass is 10.2. The normalized spacial score (nSPS) is 27.2. The van der Waals surface area contributed by atoms with E-state index >= 15 is 0 Å². The first-order valence-corrected chi connectivity index (χ1v) is 6.49. The van der Waals surface area contributed by atoms with Crippen molar-refractivity contribution in [2.75, 3.05) is 12.3 Å². The van der Waals surface area contributed by atoms with Crippen molar-refractivity contribution in [2.45, 2.75) is 24.9 Å². The molecule has 3 atom stereocenters. The van der Waals surface area contributed by atoms with Crippen molar-refractivity contribution in [1.82, 2.24) is 19.5 Å². The smallest absolute Gasteiger partial charge is 0.181 e. The van der Waals surface area contributed by atoms with E-state index in [0.717, 1.165) is 0 Å². The standard InChI is InChI=1S/C10H12BrN5O3/c11-10-15-7-8(12)13-3-14-9(7)16(10)6-1-4(18)5(2-17)19-6/h3-6,17-18H,1-2H2,(H2,12,13,14)/t4-,5-,6-/m0/s1. The van der Waals surface area contributed by atoms with Crippen LogP contribution in [-0.2, 0) is 4.74 Å². The number of aliphatic hydroxyl groups excluding tert-OH is 2. The minimum absolute atomic E-state index is 0.237. The van der Waals surface area contributed by atoms with Gasteiger partial charge in [-0.25, -0.2) is 15.0 Å². The molecule has 102 valence electrons. The summed E-state index contributed by atoms with van der Waals surface area (Å²) in [4.78, 5) is 12.3. The summed E-state index contributed by atoms with van der Waals surface area (Å²) in [5, 5.41) is 18.9. The van der Waals surface area contributed by atoms with Crippen molar-refractivity contribution in [3.05, 3.63) is 11.1 Å². The molecule has 0 bridgehead atoms. The first-order valence-electron chi connectivity index (χ1n) is 5.70. The summed E-state index contributed by atoms with van der Waals surface area (Å²) in [7, 11) is 0. The molecule has 2 aromatic rings. The summed E-state index contributed by atoms with van der Waals surface area (Å²) >= 11 is 3.32. The van der Waals surface area contributed by atoms with Crippen LogP contribution in [0, 0.1) is 0 Å². The zero-order valence-electron chi connectivity index (χ0n) is 9.77. The van der Waals surface area contributed by atoms with Crippen LogP contribution >= 0.6 is 15.9 Å². The maximum atomic E-state index is 9.78. The molecule has 0 radical (unpaired) electrons. The van der Waals surface area contributed by atoms with Gasteiger partial charge in [0.25, 0.3) is 0 Å². The fourth-order valence-electron chi connectivity index (χ4n) is 2.19. The Morgan fingerprint density at radius 2 is 2.32 bits per heavy atom. The van der Waals surface area contributed by atoms with Crippen LogP contribution in [0.5, 0.6) is 0 Å². The van der Waals surface area contributed by atoms with E-state index in [4.69, 9.17) is 15.6 Å². The van der Waals surface area contributed by atoms with Crippen molar-refractivity contribution < 1.29 is 14.9 Å². The number of hydrogen-bond donors (Lipinski definition) is 3. The van der Waals surface area contributed by atoms with Crippen LogP contribution in [-0.4, -0.2) is 48.5 Å². The minimum Gasteiger partial charge on any atom is -0.394 e. The number of imidazole rings is 1. The Kier molecular flexibility index (Phi) is 3.13. The van der Waals surface area contributed by atoms with E-state index in [2.05, 4.69) is 30.9 Å². The number of halogens is 1. The molecule has 1 aliphatic rings. The van der Waals surface area contributed by atoms with E-state index in [0.29, 0.717) is 22.3 Å². The maximum absolute atomic E-state index is 9.78. The number of fused-ring (bicyclic) bond motifs is 1. The highest BCUT2D eigenvalue weighted by atomic mass is 79.9. The van der Waals surface area contributed by atoms with E-state index in [1.54, 1.807) is 4.57 Å². The summed E-state index contributed by atoms with van der Waals surface area (Å²) in [6.45, 7) is -0.237. The van der Waals surface area contributed by atoms with Crippen molar-refractivity contribution in [1.29, 1.82) is 0 Å². The Hall–Kier alpha value is -1.29. The summed E-state index contributed by atoms with van der Waals surface area (Å²) in [6, 6.07) is 0. The Morgan fingerprint density at radius 1 is 1.53 bits per heavy atom. The Balaban J connectivity index is 2.06. The van der Waals surface area contributed by atoms with Crippen molar-refractivity contribution in [3.63, 3.8) is 0 Å². The topological polar surface area (TPSA) is 119 Å². The van der Waals surface area contributed by atoms with Crippen LogP contribution in [0.4, 0.5) is 5.82 Å². The molecule has 1 fully saturated rings. The molecular formula is C10H12BrN5O3. The third-order valence-corrected chi connectivity index (χ3v) is 3.69. The van der Waals surface area contributed by atoms with E-state index in [1.807, 2.05) is 0 Å². The number of aliphatic hydroxyl groups is 2. The number of aromatic nitrogens is 4. The van der Waals surface area contributed by atoms with E-state index in [1.165, 1.54) is 6.33 Å². The van der Waals surface area contributed by atoms with Crippen LogP contribution in [0.3, 0.4) is 0 Å². The highest BCUT2D eigenvalue weighted by Crippen LogP contribution is 2.34. The minimum atomic E-state index is -0.724. The fourth-order valence-corrected chi connectivity index (χ4v) is 2.77. The zero-order valence-corrected chi connectivity index (χ0v) is 11.4.